The molecule has 2 N–H and O–H groups in total. The highest BCUT2D eigenvalue weighted by molar-refractivity contribution is 6.36. The van der Waals surface area contributed by atoms with E-state index in [-0.39, 0.29) is 23.7 Å². The van der Waals surface area contributed by atoms with Crippen molar-refractivity contribution in [3.63, 3.8) is 0 Å². The molecule has 0 saturated carbocycles. The van der Waals surface area contributed by atoms with Crippen LogP contribution in [0.2, 0.25) is 5.02 Å². The molecule has 1 aromatic heterocycles. The Morgan fingerprint density at radius 2 is 1.88 bits per heavy atom. The highest BCUT2D eigenvalue weighted by Crippen LogP contribution is 2.43. The Bertz CT molecular complexity index is 1820. The van der Waals surface area contributed by atoms with Crippen molar-refractivity contribution in [1.82, 2.24) is 15.2 Å². The van der Waals surface area contributed by atoms with Gasteiger partial charge in [-0.3, -0.25) is 14.4 Å². The fraction of sp³-hybridized carbons (Fsp3) is 0.429. The minimum absolute atomic E-state index is 0.000725. The summed E-state index contributed by atoms with van der Waals surface area (Å²) in [5.74, 6) is 0.827. The van der Waals surface area contributed by atoms with Crippen molar-refractivity contribution in [1.29, 1.82) is 0 Å². The average molecular weight is 729 g/mol. The van der Waals surface area contributed by atoms with Gasteiger partial charge in [-0.25, -0.2) is 4.98 Å². The molecule has 5 rings (SSSR count). The number of benzene rings is 2. The Morgan fingerprint density at radius 3 is 2.50 bits per heavy atom. The molecule has 1 fully saturated rings. The monoisotopic (exact) mass is 728 g/mol. The van der Waals surface area contributed by atoms with Gasteiger partial charge in [-0.2, -0.15) is 0 Å². The van der Waals surface area contributed by atoms with Gasteiger partial charge in [0.2, 0.25) is 11.8 Å². The smallest absolute Gasteiger partial charge is 0.261 e. The van der Waals surface area contributed by atoms with Crippen LogP contribution in [0.4, 0.5) is 5.69 Å². The first-order chi connectivity index (χ1) is 24.8. The molecule has 3 amide bonds. The van der Waals surface area contributed by atoms with Crippen molar-refractivity contribution in [2.75, 3.05) is 39.7 Å². The zero-order valence-corrected chi connectivity index (χ0v) is 32.6. The van der Waals surface area contributed by atoms with E-state index in [0.717, 1.165) is 53.6 Å². The second kappa shape index (κ2) is 17.8. The zero-order valence-electron chi connectivity index (χ0n) is 31.8. The Balaban J connectivity index is 0.000000363. The highest BCUT2D eigenvalue weighted by Gasteiger charge is 2.35. The Hall–Kier alpha value is -4.47. The summed E-state index contributed by atoms with van der Waals surface area (Å²) in [4.78, 5) is 42.7. The van der Waals surface area contributed by atoms with Crippen LogP contribution < -0.4 is 15.4 Å². The number of halogens is 1. The maximum Gasteiger partial charge on any atom is 0.261 e. The van der Waals surface area contributed by atoms with Crippen LogP contribution in [0.25, 0.3) is 22.4 Å². The fourth-order valence-electron chi connectivity index (χ4n) is 6.78. The van der Waals surface area contributed by atoms with Crippen LogP contribution in [-0.4, -0.2) is 67.6 Å². The Kier molecular flexibility index (Phi) is 13.8. The lowest BCUT2D eigenvalue weighted by Gasteiger charge is -2.38. The molecule has 278 valence electrons. The number of amides is 3. The van der Waals surface area contributed by atoms with Crippen LogP contribution in [0, 0.1) is 12.8 Å². The van der Waals surface area contributed by atoms with Crippen molar-refractivity contribution in [2.24, 2.45) is 5.92 Å². The van der Waals surface area contributed by atoms with Gasteiger partial charge in [-0.15, -0.1) is 0 Å². The molecular formula is C42H53ClN4O5. The molecule has 10 heteroatoms. The number of anilines is 1. The van der Waals surface area contributed by atoms with Crippen LogP contribution in [0.3, 0.4) is 0 Å². The van der Waals surface area contributed by atoms with Gasteiger partial charge >= 0.3 is 0 Å². The molecule has 2 heterocycles. The number of allylic oxidation sites excluding steroid dienone is 2. The summed E-state index contributed by atoms with van der Waals surface area (Å²) >= 11 is 7.01. The van der Waals surface area contributed by atoms with Crippen LogP contribution in [-0.2, 0) is 25.5 Å². The molecule has 1 aliphatic carbocycles. The Labute approximate surface area is 313 Å². The second-order valence-electron chi connectivity index (χ2n) is 14.0. The lowest BCUT2D eigenvalue weighted by atomic mass is 9.87. The number of carbonyl (C=O) groups is 3. The molecule has 2 aliphatic rings. The topological polar surface area (TPSA) is 110 Å². The number of aryl methyl sites for hydroxylation is 1. The van der Waals surface area contributed by atoms with E-state index in [1.807, 2.05) is 37.3 Å². The van der Waals surface area contributed by atoms with Crippen molar-refractivity contribution >= 4 is 35.0 Å². The number of aromatic nitrogens is 1. The lowest BCUT2D eigenvalue weighted by Crippen LogP contribution is -2.52. The van der Waals surface area contributed by atoms with Gasteiger partial charge < -0.3 is 25.0 Å². The van der Waals surface area contributed by atoms with Crippen molar-refractivity contribution in [2.45, 2.75) is 78.2 Å². The van der Waals surface area contributed by atoms with Gasteiger partial charge in [0.05, 0.1) is 23.4 Å². The van der Waals surface area contributed by atoms with Crippen LogP contribution >= 0.6 is 11.6 Å². The highest BCUT2D eigenvalue weighted by atomic mass is 35.5. The van der Waals surface area contributed by atoms with Gasteiger partial charge in [0.1, 0.15) is 12.2 Å². The predicted molar refractivity (Wildman–Crippen MR) is 210 cm³/mol. The molecule has 3 unspecified atom stereocenters. The number of likely N-dealkylation sites (N-methyl/N-ethyl adjacent to an activating group) is 1. The number of fused-ring (bicyclic) bond motifs is 1. The summed E-state index contributed by atoms with van der Waals surface area (Å²) < 4.78 is 11.3. The number of ether oxygens (including phenoxy) is 2. The number of methoxy groups -OCH3 is 1. The molecule has 9 nitrogen and oxygen atoms in total. The first kappa shape index (κ1) is 40.3. The standard InChI is InChI=1S/C31H32ClN3O3.C11H21NO2/c1-7-10-24(31(37)35(4)5)29(36)33-25-14-9-11-21(19(25)3)22-12-8-13-23(28(22)32)26-17-20-16-15-18(2)27(20)30(34-26)38-6;1-4-9(3)6-11(5-2)8-12-10(13)7-14-11/h7-14,17-18H,1,15-16H2,2-6H3,(H,33,36);9H,4-8H2,1-3H3,(H,12,13)/b24-10-;. The molecule has 3 atom stereocenters. The summed E-state index contributed by atoms with van der Waals surface area (Å²) in [5, 5.41) is 6.33. The number of hydrogen-bond donors (Lipinski definition) is 2. The van der Waals surface area contributed by atoms with E-state index in [0.29, 0.717) is 35.0 Å². The van der Waals surface area contributed by atoms with Crippen molar-refractivity contribution < 1.29 is 23.9 Å². The first-order valence-corrected chi connectivity index (χ1v) is 18.4. The molecule has 52 heavy (non-hydrogen) atoms. The minimum atomic E-state index is -0.507. The number of nitrogens with zero attached hydrogens (tertiary/aromatic N) is 2. The molecule has 0 bridgehead atoms. The maximum absolute atomic E-state index is 13.0. The maximum atomic E-state index is 13.0. The number of morpholine rings is 1. The van der Waals surface area contributed by atoms with Crippen LogP contribution in [0.1, 0.15) is 76.0 Å². The zero-order chi connectivity index (χ0) is 38.2. The number of hydrogen-bond acceptors (Lipinski definition) is 6. The van der Waals surface area contributed by atoms with E-state index in [1.165, 1.54) is 34.6 Å². The molecular weight excluding hydrogens is 676 g/mol. The largest absolute Gasteiger partial charge is 0.481 e. The van der Waals surface area contributed by atoms with E-state index in [1.54, 1.807) is 27.3 Å². The summed E-state index contributed by atoms with van der Waals surface area (Å²) in [6.07, 6.45) is 8.08. The number of carbonyl (C=O) groups excluding carboxylic acids is 3. The average Bonchev–Trinajstić information content (AvgIpc) is 3.52. The van der Waals surface area contributed by atoms with Gasteiger partial charge in [0.15, 0.2) is 0 Å². The van der Waals surface area contributed by atoms with E-state index in [4.69, 9.17) is 26.1 Å². The SMILES string of the molecule is C=C/C=C(/C(=O)Nc1cccc(-c2cccc(-c3cc4c(c(OC)n3)C(C)CC4)c2Cl)c1C)C(=O)N(C)C.CCC(C)CC1(CC)CNC(=O)CO1. The summed E-state index contributed by atoms with van der Waals surface area (Å²) in [6.45, 7) is 15.2. The van der Waals surface area contributed by atoms with E-state index < -0.39 is 11.8 Å². The molecule has 3 aromatic rings. The third kappa shape index (κ3) is 9.11. The third-order valence-corrected chi connectivity index (χ3v) is 10.5. The molecule has 0 spiro atoms. The minimum Gasteiger partial charge on any atom is -0.481 e. The van der Waals surface area contributed by atoms with Gasteiger partial charge in [0, 0.05) is 43.0 Å². The summed E-state index contributed by atoms with van der Waals surface area (Å²) in [6, 6.07) is 13.6. The Morgan fingerprint density at radius 1 is 1.19 bits per heavy atom. The van der Waals surface area contributed by atoms with Crippen molar-refractivity contribution in [3.05, 3.63) is 88.5 Å². The van der Waals surface area contributed by atoms with Crippen LogP contribution in [0.15, 0.2) is 66.8 Å². The predicted octanol–water partition coefficient (Wildman–Crippen LogP) is 8.29. The fourth-order valence-corrected chi connectivity index (χ4v) is 7.11. The van der Waals surface area contributed by atoms with Gasteiger partial charge in [0.25, 0.3) is 11.8 Å². The summed E-state index contributed by atoms with van der Waals surface area (Å²) in [7, 11) is 4.85. The van der Waals surface area contributed by atoms with Gasteiger partial charge in [-0.1, -0.05) is 88.7 Å². The van der Waals surface area contributed by atoms with Gasteiger partial charge in [-0.05, 0) is 79.3 Å². The normalized spacial score (nSPS) is 18.7. The molecule has 2 aromatic carbocycles. The first-order valence-electron chi connectivity index (χ1n) is 18.0. The second-order valence-corrected chi connectivity index (χ2v) is 14.3. The molecule has 0 radical (unpaired) electrons. The van der Waals surface area contributed by atoms with E-state index in [9.17, 15) is 14.4 Å². The third-order valence-electron chi connectivity index (χ3n) is 10.1. The van der Waals surface area contributed by atoms with Crippen LogP contribution in [0.5, 0.6) is 5.88 Å². The molecule has 1 aliphatic heterocycles. The molecule has 1 saturated heterocycles. The number of nitrogens with one attached hydrogen (secondary N) is 2. The van der Waals surface area contributed by atoms with E-state index in [2.05, 4.69) is 51.0 Å². The lowest BCUT2D eigenvalue weighted by molar-refractivity contribution is -0.146. The van der Waals surface area contributed by atoms with Crippen molar-refractivity contribution in [3.8, 4) is 28.3 Å². The number of pyridine rings is 1. The van der Waals surface area contributed by atoms with E-state index >= 15 is 0 Å². The number of rotatable bonds is 11. The summed E-state index contributed by atoms with van der Waals surface area (Å²) in [5.41, 5.74) is 6.99. The quantitative estimate of drug-likeness (QED) is 0.0890.